The molecule has 1 aliphatic rings. The lowest BCUT2D eigenvalue weighted by molar-refractivity contribution is -0.184. The standard InChI is InChI=1S/C15H21F3N2O/c1-10(2)21-14-13(8-5-9-19-14)20-12-7-4-3-6-11(12)15(16,17)18/h5,8-12,20H,3-4,6-7H2,1-2H3. The molecule has 1 N–H and O–H groups in total. The highest BCUT2D eigenvalue weighted by Gasteiger charge is 2.45. The highest BCUT2D eigenvalue weighted by atomic mass is 19.4. The molecule has 0 amide bonds. The topological polar surface area (TPSA) is 34.1 Å². The lowest BCUT2D eigenvalue weighted by Crippen LogP contribution is -2.41. The van der Waals surface area contributed by atoms with Crippen molar-refractivity contribution >= 4 is 5.69 Å². The molecule has 2 unspecified atom stereocenters. The third-order valence-electron chi connectivity index (χ3n) is 3.65. The average molecular weight is 302 g/mol. The van der Waals surface area contributed by atoms with Crippen molar-refractivity contribution in [3.8, 4) is 5.88 Å². The van der Waals surface area contributed by atoms with Crippen LogP contribution in [-0.4, -0.2) is 23.3 Å². The first-order chi connectivity index (χ1) is 9.88. The summed E-state index contributed by atoms with van der Waals surface area (Å²) < 4.78 is 44.9. The largest absolute Gasteiger partial charge is 0.473 e. The molecule has 0 aliphatic heterocycles. The number of pyridine rings is 1. The highest BCUT2D eigenvalue weighted by molar-refractivity contribution is 5.53. The predicted molar refractivity (Wildman–Crippen MR) is 75.4 cm³/mol. The molecule has 1 aromatic rings. The van der Waals surface area contributed by atoms with Crippen molar-refractivity contribution in [1.82, 2.24) is 4.98 Å². The summed E-state index contributed by atoms with van der Waals surface area (Å²) in [4.78, 5) is 4.11. The number of nitrogens with zero attached hydrogens (tertiary/aromatic N) is 1. The van der Waals surface area contributed by atoms with Crippen molar-refractivity contribution in [2.45, 2.75) is 57.9 Å². The third kappa shape index (κ3) is 4.25. The number of ether oxygens (including phenoxy) is 1. The van der Waals surface area contributed by atoms with Gasteiger partial charge in [0.2, 0.25) is 5.88 Å². The van der Waals surface area contributed by atoms with Gasteiger partial charge in [-0.1, -0.05) is 12.8 Å². The van der Waals surface area contributed by atoms with Gasteiger partial charge < -0.3 is 10.1 Å². The van der Waals surface area contributed by atoms with E-state index in [4.69, 9.17) is 4.74 Å². The smallest absolute Gasteiger partial charge is 0.393 e. The molecule has 0 bridgehead atoms. The van der Waals surface area contributed by atoms with Crippen LogP contribution >= 0.6 is 0 Å². The van der Waals surface area contributed by atoms with Crippen molar-refractivity contribution in [3.05, 3.63) is 18.3 Å². The summed E-state index contributed by atoms with van der Waals surface area (Å²) in [7, 11) is 0. The lowest BCUT2D eigenvalue weighted by atomic mass is 9.84. The molecule has 1 saturated carbocycles. The van der Waals surface area contributed by atoms with Crippen LogP contribution in [0.2, 0.25) is 0 Å². The van der Waals surface area contributed by atoms with Gasteiger partial charge in [0, 0.05) is 12.2 Å². The van der Waals surface area contributed by atoms with Crippen LogP contribution in [0.15, 0.2) is 18.3 Å². The summed E-state index contributed by atoms with van der Waals surface area (Å²) in [6.07, 6.45) is -0.535. The molecular formula is C15H21F3N2O. The van der Waals surface area contributed by atoms with Gasteiger partial charge in [0.25, 0.3) is 0 Å². The molecule has 2 rings (SSSR count). The first kappa shape index (κ1) is 15.9. The maximum absolute atomic E-state index is 13.1. The van der Waals surface area contributed by atoms with Crippen molar-refractivity contribution < 1.29 is 17.9 Å². The molecule has 118 valence electrons. The van der Waals surface area contributed by atoms with Gasteiger partial charge in [0.15, 0.2) is 0 Å². The van der Waals surface area contributed by atoms with Gasteiger partial charge in [0.05, 0.1) is 17.7 Å². The van der Waals surface area contributed by atoms with Crippen LogP contribution in [0.25, 0.3) is 0 Å². The minimum Gasteiger partial charge on any atom is -0.473 e. The summed E-state index contributed by atoms with van der Waals surface area (Å²) in [6.45, 7) is 3.72. The molecular weight excluding hydrogens is 281 g/mol. The monoisotopic (exact) mass is 302 g/mol. The second kappa shape index (κ2) is 6.54. The van der Waals surface area contributed by atoms with Gasteiger partial charge in [0.1, 0.15) is 0 Å². The zero-order valence-corrected chi connectivity index (χ0v) is 12.3. The Balaban J connectivity index is 2.16. The van der Waals surface area contributed by atoms with Crippen molar-refractivity contribution in [3.63, 3.8) is 0 Å². The second-order valence-corrected chi connectivity index (χ2v) is 5.71. The first-order valence-corrected chi connectivity index (χ1v) is 7.33. The molecule has 0 aromatic carbocycles. The number of anilines is 1. The van der Waals surface area contributed by atoms with E-state index in [-0.39, 0.29) is 12.5 Å². The quantitative estimate of drug-likeness (QED) is 0.895. The van der Waals surface area contributed by atoms with Gasteiger partial charge in [-0.2, -0.15) is 13.2 Å². The molecule has 1 aromatic heterocycles. The van der Waals surface area contributed by atoms with E-state index in [0.717, 1.165) is 6.42 Å². The zero-order chi connectivity index (χ0) is 15.5. The fourth-order valence-corrected chi connectivity index (χ4v) is 2.71. The van der Waals surface area contributed by atoms with Gasteiger partial charge in [-0.15, -0.1) is 0 Å². The van der Waals surface area contributed by atoms with Crippen LogP contribution in [0.3, 0.4) is 0 Å². The SMILES string of the molecule is CC(C)Oc1ncccc1NC1CCCCC1C(F)(F)F. The van der Waals surface area contributed by atoms with Crippen molar-refractivity contribution in [2.24, 2.45) is 5.92 Å². The molecule has 0 spiro atoms. The maximum atomic E-state index is 13.1. The van der Waals surface area contributed by atoms with E-state index in [1.54, 1.807) is 18.3 Å². The van der Waals surface area contributed by atoms with E-state index in [9.17, 15) is 13.2 Å². The summed E-state index contributed by atoms with van der Waals surface area (Å²) in [5, 5.41) is 3.00. The molecule has 21 heavy (non-hydrogen) atoms. The van der Waals surface area contributed by atoms with E-state index in [2.05, 4.69) is 10.3 Å². The van der Waals surface area contributed by atoms with Crippen LogP contribution in [0.5, 0.6) is 5.88 Å². The second-order valence-electron chi connectivity index (χ2n) is 5.71. The van der Waals surface area contributed by atoms with E-state index in [1.807, 2.05) is 13.8 Å². The molecule has 0 radical (unpaired) electrons. The van der Waals surface area contributed by atoms with E-state index in [1.165, 1.54) is 0 Å². The number of alkyl halides is 3. The lowest BCUT2D eigenvalue weighted by Gasteiger charge is -2.34. The maximum Gasteiger partial charge on any atom is 0.393 e. The van der Waals surface area contributed by atoms with Crippen LogP contribution in [0, 0.1) is 5.92 Å². The molecule has 3 nitrogen and oxygen atoms in total. The molecule has 2 atom stereocenters. The Morgan fingerprint density at radius 3 is 2.67 bits per heavy atom. The first-order valence-electron chi connectivity index (χ1n) is 7.33. The number of nitrogens with one attached hydrogen (secondary N) is 1. The van der Waals surface area contributed by atoms with Crippen molar-refractivity contribution in [1.29, 1.82) is 0 Å². The van der Waals surface area contributed by atoms with Gasteiger partial charge >= 0.3 is 6.18 Å². The Morgan fingerprint density at radius 1 is 1.29 bits per heavy atom. The Hall–Kier alpha value is -1.46. The number of halogens is 3. The van der Waals surface area contributed by atoms with Gasteiger partial charge in [-0.25, -0.2) is 4.98 Å². The Kier molecular flexibility index (Phi) is 4.96. The van der Waals surface area contributed by atoms with E-state index < -0.39 is 18.1 Å². The predicted octanol–water partition coefficient (Wildman–Crippen LogP) is 4.40. The number of hydrogen-bond donors (Lipinski definition) is 1. The fourth-order valence-electron chi connectivity index (χ4n) is 2.71. The highest BCUT2D eigenvalue weighted by Crippen LogP contribution is 2.39. The van der Waals surface area contributed by atoms with Crippen molar-refractivity contribution in [2.75, 3.05) is 5.32 Å². The number of hydrogen-bond acceptors (Lipinski definition) is 3. The van der Waals surface area contributed by atoms with Gasteiger partial charge in [-0.05, 0) is 38.8 Å². The average Bonchev–Trinajstić information content (AvgIpc) is 2.40. The number of rotatable bonds is 4. The summed E-state index contributed by atoms with van der Waals surface area (Å²) in [5.74, 6) is -0.947. The number of aromatic nitrogens is 1. The third-order valence-corrected chi connectivity index (χ3v) is 3.65. The summed E-state index contributed by atoms with van der Waals surface area (Å²) in [5.41, 5.74) is 0.535. The zero-order valence-electron chi connectivity index (χ0n) is 12.3. The van der Waals surface area contributed by atoms with E-state index in [0.29, 0.717) is 24.4 Å². The fraction of sp³-hybridized carbons (Fsp3) is 0.667. The Bertz CT molecular complexity index is 462. The van der Waals surface area contributed by atoms with Crippen LogP contribution in [0.1, 0.15) is 39.5 Å². The van der Waals surface area contributed by atoms with Crippen LogP contribution in [0.4, 0.5) is 18.9 Å². The molecule has 1 fully saturated rings. The molecule has 1 heterocycles. The molecule has 6 heteroatoms. The molecule has 0 saturated heterocycles. The normalized spacial score (nSPS) is 23.1. The van der Waals surface area contributed by atoms with E-state index >= 15 is 0 Å². The van der Waals surface area contributed by atoms with Crippen LogP contribution in [-0.2, 0) is 0 Å². The minimum absolute atomic E-state index is 0.0785. The summed E-state index contributed by atoms with van der Waals surface area (Å²) >= 11 is 0. The Morgan fingerprint density at radius 2 is 2.00 bits per heavy atom. The summed E-state index contributed by atoms with van der Waals surface area (Å²) in [6, 6.07) is 2.80. The van der Waals surface area contributed by atoms with Crippen LogP contribution < -0.4 is 10.1 Å². The Labute approximate surface area is 122 Å². The minimum atomic E-state index is -4.17. The molecule has 1 aliphatic carbocycles. The van der Waals surface area contributed by atoms with Gasteiger partial charge in [-0.3, -0.25) is 0 Å².